The normalized spacial score (nSPS) is 12.9. The Hall–Kier alpha value is -1.62. The lowest BCUT2D eigenvalue weighted by Crippen LogP contribution is -2.30. The Morgan fingerprint density at radius 1 is 1.47 bits per heavy atom. The molecule has 5 heteroatoms. The third-order valence-corrected chi connectivity index (χ3v) is 2.69. The molecule has 0 unspecified atom stereocenters. The van der Waals surface area contributed by atoms with Crippen LogP contribution in [0.4, 0.5) is 0 Å². The van der Waals surface area contributed by atoms with E-state index < -0.39 is 0 Å². The highest BCUT2D eigenvalue weighted by atomic mass is 16.4. The first-order chi connectivity index (χ1) is 8.15. The second-order valence-corrected chi connectivity index (χ2v) is 4.26. The topological polar surface area (TPSA) is 55.9 Å². The van der Waals surface area contributed by atoms with Crippen LogP contribution in [0.2, 0.25) is 0 Å². The molecule has 0 aliphatic rings. The number of oxazole rings is 1. The fraction of sp³-hybridized carbons (Fsp3) is 0.500. The largest absolute Gasteiger partial charge is 0.444 e. The maximum absolute atomic E-state index is 5.50. The number of aromatic nitrogens is 3. The lowest BCUT2D eigenvalue weighted by molar-refractivity contribution is 0.400. The molecular formula is C12H18N4O. The standard InChI is InChI=1S/C12H18N4O/c1-9(8-16-6-4-5-14-16)13-7-12-15-10(2)11(3)17-12/h4-6,9,13H,7-8H2,1-3H3/t9-/m1/s1. The molecule has 92 valence electrons. The van der Waals surface area contributed by atoms with Gasteiger partial charge in [0.25, 0.3) is 0 Å². The van der Waals surface area contributed by atoms with Crippen LogP contribution in [0, 0.1) is 13.8 Å². The Bertz CT molecular complexity index is 441. The van der Waals surface area contributed by atoms with E-state index >= 15 is 0 Å². The fourth-order valence-electron chi connectivity index (χ4n) is 1.63. The third-order valence-electron chi connectivity index (χ3n) is 2.69. The summed E-state index contributed by atoms with van der Waals surface area (Å²) in [5.74, 6) is 1.63. The van der Waals surface area contributed by atoms with Crippen molar-refractivity contribution in [2.24, 2.45) is 0 Å². The molecule has 0 radical (unpaired) electrons. The van der Waals surface area contributed by atoms with E-state index in [4.69, 9.17) is 4.42 Å². The predicted molar refractivity (Wildman–Crippen MR) is 64.5 cm³/mol. The Kier molecular flexibility index (Phi) is 3.58. The zero-order chi connectivity index (χ0) is 12.3. The molecule has 1 atom stereocenters. The quantitative estimate of drug-likeness (QED) is 0.855. The average Bonchev–Trinajstić information content (AvgIpc) is 2.87. The second-order valence-electron chi connectivity index (χ2n) is 4.26. The minimum atomic E-state index is 0.322. The van der Waals surface area contributed by atoms with Gasteiger partial charge in [0.05, 0.1) is 18.8 Å². The molecule has 1 N–H and O–H groups in total. The summed E-state index contributed by atoms with van der Waals surface area (Å²) in [6, 6.07) is 2.25. The summed E-state index contributed by atoms with van der Waals surface area (Å²) in [4.78, 5) is 4.33. The fourth-order valence-corrected chi connectivity index (χ4v) is 1.63. The molecule has 2 aromatic rings. The molecule has 0 saturated heterocycles. The average molecular weight is 234 g/mol. The van der Waals surface area contributed by atoms with E-state index in [0.29, 0.717) is 12.6 Å². The van der Waals surface area contributed by atoms with E-state index in [-0.39, 0.29) is 0 Å². The Morgan fingerprint density at radius 2 is 2.29 bits per heavy atom. The number of nitrogens with one attached hydrogen (secondary N) is 1. The molecular weight excluding hydrogens is 216 g/mol. The lowest BCUT2D eigenvalue weighted by atomic mass is 10.3. The molecule has 0 aromatic carbocycles. The first-order valence-corrected chi connectivity index (χ1v) is 5.79. The zero-order valence-electron chi connectivity index (χ0n) is 10.5. The van der Waals surface area contributed by atoms with Crippen molar-refractivity contribution < 1.29 is 4.42 Å². The van der Waals surface area contributed by atoms with Crippen LogP contribution in [0.1, 0.15) is 24.3 Å². The van der Waals surface area contributed by atoms with Gasteiger partial charge < -0.3 is 9.73 Å². The number of rotatable bonds is 5. The summed E-state index contributed by atoms with van der Waals surface area (Å²) in [5, 5.41) is 7.53. The summed E-state index contributed by atoms with van der Waals surface area (Å²) >= 11 is 0. The third kappa shape index (κ3) is 3.17. The summed E-state index contributed by atoms with van der Waals surface area (Å²) in [6.45, 7) is 7.49. The van der Waals surface area contributed by atoms with Crippen LogP contribution < -0.4 is 5.32 Å². The van der Waals surface area contributed by atoms with Gasteiger partial charge in [-0.15, -0.1) is 0 Å². The van der Waals surface area contributed by atoms with Crippen LogP contribution in [0.5, 0.6) is 0 Å². The monoisotopic (exact) mass is 234 g/mol. The van der Waals surface area contributed by atoms with Crippen LogP contribution in [0.25, 0.3) is 0 Å². The molecule has 5 nitrogen and oxygen atoms in total. The van der Waals surface area contributed by atoms with Gasteiger partial charge in [-0.25, -0.2) is 4.98 Å². The molecule has 0 bridgehead atoms. The molecule has 0 fully saturated rings. The molecule has 2 aromatic heterocycles. The second kappa shape index (κ2) is 5.14. The minimum absolute atomic E-state index is 0.322. The van der Waals surface area contributed by atoms with Gasteiger partial charge in [-0.1, -0.05) is 0 Å². The molecule has 0 aliphatic heterocycles. The van der Waals surface area contributed by atoms with Crippen LogP contribution >= 0.6 is 0 Å². The van der Waals surface area contributed by atoms with Gasteiger partial charge in [-0.05, 0) is 26.8 Å². The van der Waals surface area contributed by atoms with Gasteiger partial charge in [0.2, 0.25) is 5.89 Å². The number of hydrogen-bond acceptors (Lipinski definition) is 4. The number of nitrogens with zero attached hydrogens (tertiary/aromatic N) is 3. The van der Waals surface area contributed by atoms with Crippen molar-refractivity contribution in [2.75, 3.05) is 0 Å². The molecule has 2 rings (SSSR count). The Labute approximate surface area is 101 Å². The Morgan fingerprint density at radius 3 is 2.88 bits per heavy atom. The van der Waals surface area contributed by atoms with Crippen molar-refractivity contribution in [3.8, 4) is 0 Å². The van der Waals surface area contributed by atoms with Crippen LogP contribution in [0.15, 0.2) is 22.9 Å². The van der Waals surface area contributed by atoms with Crippen LogP contribution in [-0.4, -0.2) is 20.8 Å². The zero-order valence-corrected chi connectivity index (χ0v) is 10.5. The molecule has 17 heavy (non-hydrogen) atoms. The summed E-state index contributed by atoms with van der Waals surface area (Å²) in [7, 11) is 0. The van der Waals surface area contributed by atoms with Crippen molar-refractivity contribution in [3.63, 3.8) is 0 Å². The van der Waals surface area contributed by atoms with Gasteiger partial charge in [-0.2, -0.15) is 5.10 Å². The maximum Gasteiger partial charge on any atom is 0.208 e. The molecule has 2 heterocycles. The van der Waals surface area contributed by atoms with E-state index in [9.17, 15) is 0 Å². The lowest BCUT2D eigenvalue weighted by Gasteiger charge is -2.12. The Balaban J connectivity index is 1.81. The molecule has 0 spiro atoms. The summed E-state index contributed by atoms with van der Waals surface area (Å²) in [5.41, 5.74) is 0.960. The van der Waals surface area contributed by atoms with Crippen molar-refractivity contribution in [3.05, 3.63) is 35.8 Å². The smallest absolute Gasteiger partial charge is 0.208 e. The van der Waals surface area contributed by atoms with Crippen molar-refractivity contribution in [2.45, 2.75) is 39.9 Å². The predicted octanol–water partition coefficient (Wildman–Crippen LogP) is 1.67. The van der Waals surface area contributed by atoms with Crippen LogP contribution in [-0.2, 0) is 13.1 Å². The van der Waals surface area contributed by atoms with Gasteiger partial charge in [0.1, 0.15) is 5.76 Å². The van der Waals surface area contributed by atoms with Gasteiger partial charge >= 0.3 is 0 Å². The first kappa shape index (κ1) is 11.9. The van der Waals surface area contributed by atoms with E-state index in [1.54, 1.807) is 6.20 Å². The van der Waals surface area contributed by atoms with Gasteiger partial charge in [-0.3, -0.25) is 4.68 Å². The van der Waals surface area contributed by atoms with Crippen LogP contribution in [0.3, 0.4) is 0 Å². The highest BCUT2D eigenvalue weighted by Crippen LogP contribution is 2.07. The highest BCUT2D eigenvalue weighted by Gasteiger charge is 2.07. The van der Waals surface area contributed by atoms with Crippen molar-refractivity contribution >= 4 is 0 Å². The number of aryl methyl sites for hydroxylation is 2. The van der Waals surface area contributed by atoms with Crippen molar-refractivity contribution in [1.29, 1.82) is 0 Å². The molecule has 0 saturated carbocycles. The SMILES string of the molecule is Cc1nc(CN[C@H](C)Cn2cccn2)oc1C. The van der Waals surface area contributed by atoms with Gasteiger partial charge in [0.15, 0.2) is 0 Å². The van der Waals surface area contributed by atoms with Crippen molar-refractivity contribution in [1.82, 2.24) is 20.1 Å². The van der Waals surface area contributed by atoms with E-state index in [2.05, 4.69) is 22.3 Å². The number of hydrogen-bond donors (Lipinski definition) is 1. The minimum Gasteiger partial charge on any atom is -0.444 e. The van der Waals surface area contributed by atoms with Gasteiger partial charge in [0, 0.05) is 18.4 Å². The van der Waals surface area contributed by atoms with E-state index in [0.717, 1.165) is 23.9 Å². The maximum atomic E-state index is 5.50. The molecule has 0 aliphatic carbocycles. The summed E-state index contributed by atoms with van der Waals surface area (Å²) < 4.78 is 7.41. The molecule has 0 amide bonds. The first-order valence-electron chi connectivity index (χ1n) is 5.79. The highest BCUT2D eigenvalue weighted by molar-refractivity contribution is 5.05. The van der Waals surface area contributed by atoms with E-state index in [1.807, 2.05) is 30.8 Å². The van der Waals surface area contributed by atoms with E-state index in [1.165, 1.54) is 0 Å². The summed E-state index contributed by atoms with van der Waals surface area (Å²) in [6.07, 6.45) is 3.74.